The fourth-order valence-electron chi connectivity index (χ4n) is 4.15. The quantitative estimate of drug-likeness (QED) is 0.0670. The summed E-state index contributed by atoms with van der Waals surface area (Å²) in [5.41, 5.74) is 4.84. The number of carbonyl (C=O) groups is 6. The fourth-order valence-corrected chi connectivity index (χ4v) is 4.15. The molecule has 0 unspecified atom stereocenters. The van der Waals surface area contributed by atoms with E-state index in [2.05, 4.69) is 51.0 Å². The van der Waals surface area contributed by atoms with Gasteiger partial charge in [-0.2, -0.15) is 5.10 Å². The van der Waals surface area contributed by atoms with Crippen molar-refractivity contribution in [3.05, 3.63) is 89.2 Å². The molecule has 0 fully saturated rings. The second-order valence-electron chi connectivity index (χ2n) is 15.7. The lowest BCUT2D eigenvalue weighted by Gasteiger charge is -2.24. The molecule has 0 saturated carbocycles. The highest BCUT2D eigenvalue weighted by atomic mass is 35.5. The molecule has 1 heterocycles. The highest BCUT2D eigenvalue weighted by molar-refractivity contribution is 6.27. The second-order valence-corrected chi connectivity index (χ2v) is 16.0. The number of aromatic amines is 1. The Hall–Kier alpha value is -5.00. The van der Waals surface area contributed by atoms with Gasteiger partial charge in [0.15, 0.2) is 5.78 Å². The van der Waals surface area contributed by atoms with Crippen molar-refractivity contribution in [2.45, 2.75) is 100 Å². The second kappa shape index (κ2) is 33.7. The molecule has 0 radical (unpaired) electrons. The number of nitrogens with two attached hydrogens (primary N) is 1. The number of nitrogens with one attached hydrogen (secondary N) is 3. The Balaban J connectivity index is -0.000000707. The standard InChI is InChI=1S/C12H19N3O3.C11H15NO.C9H17NO3.C8H11N.C3H5ClO.CH6N2/c1-8(16)10-6-9(13-14-10)7-15(5)11(17)18-12(2,3)4;1-10(13)8-12(2)9-11-6-4-3-5-7-11;1-7(11)6-10(5)8(12)13-9(2,3)4;1-9-7-8-5-3-2-4-6-8;1-3(5)2-4;1-3-2/h6H,7H2,1-5H3,(H,13,14);3-7H,8-9H2,1-2H3;6H2,1-5H3;2-6,9H,7H2,1H3;2H2,1H3;3H,2H2,1H3. The Kier molecular flexibility index (Phi) is 33.3. The van der Waals surface area contributed by atoms with Gasteiger partial charge in [0, 0.05) is 34.1 Å². The first-order valence-electron chi connectivity index (χ1n) is 19.5. The van der Waals surface area contributed by atoms with Gasteiger partial charge in [-0.1, -0.05) is 60.7 Å². The molecule has 344 valence electrons. The van der Waals surface area contributed by atoms with Crippen LogP contribution in [0.25, 0.3) is 0 Å². The van der Waals surface area contributed by atoms with Crippen LogP contribution in [0.1, 0.15) is 96.5 Å². The summed E-state index contributed by atoms with van der Waals surface area (Å²) in [7, 11) is 8.72. The van der Waals surface area contributed by atoms with E-state index in [0.29, 0.717) is 24.5 Å². The van der Waals surface area contributed by atoms with E-state index in [0.717, 1.165) is 13.1 Å². The molecule has 0 aliphatic heterocycles. The first kappa shape index (κ1) is 60.3. The number of alkyl halides is 1. The molecule has 61 heavy (non-hydrogen) atoms. The van der Waals surface area contributed by atoms with Gasteiger partial charge in [-0.05, 0) is 101 Å². The van der Waals surface area contributed by atoms with Gasteiger partial charge < -0.3 is 24.6 Å². The molecule has 1 aromatic heterocycles. The summed E-state index contributed by atoms with van der Waals surface area (Å²) in [4.78, 5) is 69.9. The van der Waals surface area contributed by atoms with Gasteiger partial charge in [-0.25, -0.2) is 9.59 Å². The average Bonchev–Trinajstić information content (AvgIpc) is 3.61. The highest BCUT2D eigenvalue weighted by Crippen LogP contribution is 2.12. The van der Waals surface area contributed by atoms with Crippen LogP contribution in [0.4, 0.5) is 9.59 Å². The predicted molar refractivity (Wildman–Crippen MR) is 243 cm³/mol. The SMILES string of the molecule is CC(=O)CCl.CC(=O)CN(C)C(=O)OC(C)(C)C.CC(=O)CN(C)Cc1ccccc1.CC(=O)c1cc(CN(C)C(=O)OC(C)(C)C)[nH]n1.CNCc1ccccc1.CNN. The zero-order chi connectivity index (χ0) is 47.8. The van der Waals surface area contributed by atoms with Gasteiger partial charge in [0.1, 0.15) is 34.2 Å². The van der Waals surface area contributed by atoms with Crippen molar-refractivity contribution in [2.75, 3.05) is 54.2 Å². The van der Waals surface area contributed by atoms with Gasteiger partial charge in [-0.15, -0.1) is 11.6 Å². The molecular weight excluding hydrogens is 804 g/mol. The summed E-state index contributed by atoms with van der Waals surface area (Å²) in [6.45, 7) is 19.4. The van der Waals surface area contributed by atoms with Crippen molar-refractivity contribution < 1.29 is 38.2 Å². The number of likely N-dealkylation sites (N-methyl/N-ethyl adjacent to an activating group) is 2. The topological polar surface area (TPSA) is 209 Å². The third-order valence-electron chi connectivity index (χ3n) is 6.47. The molecule has 5 N–H and O–H groups in total. The number of amides is 2. The van der Waals surface area contributed by atoms with Gasteiger partial charge in [0.2, 0.25) is 0 Å². The number of ketones is 4. The van der Waals surface area contributed by atoms with Crippen LogP contribution < -0.4 is 16.6 Å². The predicted octanol–water partition coefficient (Wildman–Crippen LogP) is 6.43. The first-order chi connectivity index (χ1) is 28.2. The average molecular weight is 878 g/mol. The molecule has 0 aliphatic rings. The zero-order valence-corrected chi connectivity index (χ0v) is 39.9. The molecule has 3 rings (SSSR count). The molecule has 2 aromatic carbocycles. The van der Waals surface area contributed by atoms with Crippen LogP contribution in [-0.2, 0) is 43.5 Å². The molecule has 0 aliphatic carbocycles. The molecule has 17 heteroatoms. The van der Waals surface area contributed by atoms with Crippen LogP contribution in [0.2, 0.25) is 0 Å². The van der Waals surface area contributed by atoms with Crippen LogP contribution in [0.5, 0.6) is 0 Å². The number of H-pyrrole nitrogens is 1. The molecular formula is C44H73ClN8O8. The molecule has 0 spiro atoms. The maximum absolute atomic E-state index is 11.7. The minimum atomic E-state index is -0.524. The summed E-state index contributed by atoms with van der Waals surface area (Å²) < 4.78 is 10.2. The van der Waals surface area contributed by atoms with Gasteiger partial charge in [-0.3, -0.25) is 40.4 Å². The number of rotatable bonds is 12. The van der Waals surface area contributed by atoms with Crippen LogP contribution >= 0.6 is 11.6 Å². The van der Waals surface area contributed by atoms with E-state index in [1.165, 1.54) is 48.7 Å². The highest BCUT2D eigenvalue weighted by Gasteiger charge is 2.21. The lowest BCUT2D eigenvalue weighted by Crippen LogP contribution is -2.36. The monoisotopic (exact) mass is 877 g/mol. The van der Waals surface area contributed by atoms with E-state index >= 15 is 0 Å². The number of aromatic nitrogens is 2. The number of carbonyl (C=O) groups excluding carboxylic acids is 6. The van der Waals surface area contributed by atoms with Crippen LogP contribution in [0, 0.1) is 0 Å². The smallest absolute Gasteiger partial charge is 0.410 e. The Bertz CT molecular complexity index is 1680. The first-order valence-corrected chi connectivity index (χ1v) is 20.0. The molecule has 2 amide bonds. The van der Waals surface area contributed by atoms with Gasteiger partial charge in [0.05, 0.1) is 31.2 Å². The third kappa shape index (κ3) is 38.9. The Morgan fingerprint density at radius 1 is 0.689 bits per heavy atom. The summed E-state index contributed by atoms with van der Waals surface area (Å²) in [5, 5.41) is 9.65. The van der Waals surface area contributed by atoms with E-state index in [9.17, 15) is 28.8 Å². The number of hydrogen-bond donors (Lipinski definition) is 4. The van der Waals surface area contributed by atoms with Crippen LogP contribution in [-0.4, -0.2) is 126 Å². The number of ether oxygens (including phenoxy) is 2. The number of hydrazine groups is 1. The summed E-state index contributed by atoms with van der Waals surface area (Å²) in [5.74, 6) is 4.79. The molecule has 3 aromatic rings. The summed E-state index contributed by atoms with van der Waals surface area (Å²) >= 11 is 4.99. The number of halogens is 1. The van der Waals surface area contributed by atoms with Gasteiger partial charge >= 0.3 is 12.2 Å². The Morgan fingerprint density at radius 3 is 1.44 bits per heavy atom. The van der Waals surface area contributed by atoms with E-state index < -0.39 is 23.4 Å². The minimum absolute atomic E-state index is 0.0201. The van der Waals surface area contributed by atoms with E-state index in [1.54, 1.807) is 47.9 Å². The Morgan fingerprint density at radius 2 is 1.10 bits per heavy atom. The third-order valence-corrected chi connectivity index (χ3v) is 6.85. The van der Waals surface area contributed by atoms with Crippen molar-refractivity contribution in [2.24, 2.45) is 5.84 Å². The number of hydrogen-bond acceptors (Lipinski definition) is 13. The zero-order valence-electron chi connectivity index (χ0n) is 39.1. The van der Waals surface area contributed by atoms with E-state index in [4.69, 9.17) is 21.1 Å². The molecule has 0 saturated heterocycles. The van der Waals surface area contributed by atoms with Crippen molar-refractivity contribution in [1.82, 2.24) is 35.6 Å². The minimum Gasteiger partial charge on any atom is -0.444 e. The normalized spacial score (nSPS) is 10.1. The van der Waals surface area contributed by atoms with Crippen molar-refractivity contribution in [3.63, 3.8) is 0 Å². The van der Waals surface area contributed by atoms with Crippen LogP contribution in [0.3, 0.4) is 0 Å². The van der Waals surface area contributed by atoms with Crippen LogP contribution in [0.15, 0.2) is 66.7 Å². The summed E-state index contributed by atoms with van der Waals surface area (Å²) in [6.07, 6.45) is -0.885. The van der Waals surface area contributed by atoms with Gasteiger partial charge in [0.25, 0.3) is 0 Å². The van der Waals surface area contributed by atoms with E-state index in [-0.39, 0.29) is 35.6 Å². The number of Topliss-reactive ketones (excluding diaryl/α,β-unsaturated/α-hetero) is 4. The fraction of sp³-hybridized carbons (Fsp3) is 0.523. The maximum Gasteiger partial charge on any atom is 0.410 e. The molecule has 16 nitrogen and oxygen atoms in total. The number of benzene rings is 2. The summed E-state index contributed by atoms with van der Waals surface area (Å²) in [6, 6.07) is 22.1. The van der Waals surface area contributed by atoms with E-state index in [1.807, 2.05) is 76.2 Å². The molecule has 0 atom stereocenters. The van der Waals surface area contributed by atoms with Crippen molar-refractivity contribution >= 4 is 46.9 Å². The molecule has 0 bridgehead atoms. The number of nitrogens with zero attached hydrogens (tertiary/aromatic N) is 4. The Labute approximate surface area is 369 Å². The van der Waals surface area contributed by atoms with Crippen molar-refractivity contribution in [1.29, 1.82) is 0 Å². The van der Waals surface area contributed by atoms with Crippen molar-refractivity contribution in [3.8, 4) is 0 Å². The maximum atomic E-state index is 11.7. The largest absolute Gasteiger partial charge is 0.444 e. The lowest BCUT2D eigenvalue weighted by molar-refractivity contribution is -0.118. The lowest BCUT2D eigenvalue weighted by atomic mass is 10.2.